The third kappa shape index (κ3) is 4.20. The van der Waals surface area contributed by atoms with Crippen molar-refractivity contribution in [3.63, 3.8) is 0 Å². The molecule has 0 atom stereocenters. The Labute approximate surface area is 144 Å². The smallest absolute Gasteiger partial charge is 0.245 e. The van der Waals surface area contributed by atoms with Gasteiger partial charge in [0.2, 0.25) is 10.0 Å². The van der Waals surface area contributed by atoms with Gasteiger partial charge in [0.05, 0.1) is 9.67 Å². The quantitative estimate of drug-likeness (QED) is 0.693. The van der Waals surface area contributed by atoms with Crippen molar-refractivity contribution >= 4 is 48.9 Å². The predicted molar refractivity (Wildman–Crippen MR) is 91.6 cm³/mol. The third-order valence-corrected chi connectivity index (χ3v) is 8.01. The number of rotatable bonds is 5. The minimum absolute atomic E-state index is 0.334. The molecule has 8 heteroatoms. The van der Waals surface area contributed by atoms with Crippen LogP contribution in [0.25, 0.3) is 0 Å². The first-order valence-electron chi connectivity index (χ1n) is 6.91. The molecule has 1 aliphatic heterocycles. The molecule has 0 N–H and O–H groups in total. The molecule has 120 valence electrons. The fraction of sp³-hybridized carbons (Fsp3) is 0.692. The normalized spacial score (nSPS) is 18.5. The second-order valence-corrected chi connectivity index (χ2v) is 10.2. The maximum absolute atomic E-state index is 12.7. The van der Waals surface area contributed by atoms with Crippen molar-refractivity contribution in [3.8, 4) is 0 Å². The van der Waals surface area contributed by atoms with E-state index in [0.29, 0.717) is 33.6 Å². The number of thiophene rings is 1. The molecule has 4 nitrogen and oxygen atoms in total. The lowest BCUT2D eigenvalue weighted by molar-refractivity contribution is 0.172. The number of nitrogens with zero attached hydrogens (tertiary/aromatic N) is 2. The number of alkyl halides is 1. The minimum atomic E-state index is -3.42. The van der Waals surface area contributed by atoms with Crippen LogP contribution in [0.15, 0.2) is 14.7 Å². The largest absolute Gasteiger partial charge is 0.300 e. The molecule has 0 amide bonds. The van der Waals surface area contributed by atoms with Crippen LogP contribution in [0, 0.1) is 5.92 Å². The zero-order chi connectivity index (χ0) is 15.6. The Bertz CT molecular complexity index is 581. The number of piperazine rings is 1. The number of hydrogen-bond acceptors (Lipinski definition) is 4. The van der Waals surface area contributed by atoms with E-state index in [0.717, 1.165) is 24.5 Å². The van der Waals surface area contributed by atoms with Gasteiger partial charge in [0.1, 0.15) is 4.90 Å². The Morgan fingerprint density at radius 2 is 1.95 bits per heavy atom. The van der Waals surface area contributed by atoms with Crippen LogP contribution in [0.3, 0.4) is 0 Å². The molecule has 21 heavy (non-hydrogen) atoms. The Balaban J connectivity index is 2.09. The Morgan fingerprint density at radius 3 is 2.43 bits per heavy atom. The lowest BCUT2D eigenvalue weighted by Crippen LogP contribution is -2.49. The molecule has 0 aliphatic carbocycles. The van der Waals surface area contributed by atoms with E-state index >= 15 is 0 Å². The second-order valence-electron chi connectivity index (χ2n) is 5.58. The lowest BCUT2D eigenvalue weighted by atomic mass is 10.2. The van der Waals surface area contributed by atoms with Crippen molar-refractivity contribution in [2.24, 2.45) is 5.92 Å². The molecule has 0 saturated carbocycles. The molecule has 1 aliphatic rings. The molecule has 1 aromatic rings. The van der Waals surface area contributed by atoms with Crippen LogP contribution in [-0.4, -0.2) is 50.3 Å². The molecule has 2 rings (SSSR count). The van der Waals surface area contributed by atoms with Crippen LogP contribution in [-0.2, 0) is 15.9 Å². The van der Waals surface area contributed by atoms with Crippen LogP contribution >= 0.6 is 38.9 Å². The molecule has 0 spiro atoms. The van der Waals surface area contributed by atoms with Gasteiger partial charge in [0.15, 0.2) is 0 Å². The van der Waals surface area contributed by atoms with E-state index in [4.69, 9.17) is 11.6 Å². The minimum Gasteiger partial charge on any atom is -0.300 e. The van der Waals surface area contributed by atoms with Crippen LogP contribution in [0.4, 0.5) is 0 Å². The number of halogens is 2. The average molecular weight is 416 g/mol. The second kappa shape index (κ2) is 7.27. The molecule has 0 radical (unpaired) electrons. The molecule has 2 heterocycles. The highest BCUT2D eigenvalue weighted by Gasteiger charge is 2.31. The van der Waals surface area contributed by atoms with E-state index in [9.17, 15) is 8.42 Å². The lowest BCUT2D eigenvalue weighted by Gasteiger charge is -2.34. The van der Waals surface area contributed by atoms with Crippen LogP contribution in [0.5, 0.6) is 0 Å². The summed E-state index contributed by atoms with van der Waals surface area (Å²) in [5, 5.41) is 0. The average Bonchev–Trinajstić information content (AvgIpc) is 2.81. The highest BCUT2D eigenvalue weighted by atomic mass is 79.9. The van der Waals surface area contributed by atoms with Gasteiger partial charge in [-0.05, 0) is 27.9 Å². The zero-order valence-corrected chi connectivity index (χ0v) is 16.2. The molecule has 1 saturated heterocycles. The van der Waals surface area contributed by atoms with Gasteiger partial charge in [-0.25, -0.2) is 8.42 Å². The Morgan fingerprint density at radius 1 is 1.33 bits per heavy atom. The van der Waals surface area contributed by atoms with Gasteiger partial charge in [-0.1, -0.05) is 13.8 Å². The summed E-state index contributed by atoms with van der Waals surface area (Å²) in [5.74, 6) is 0.937. The van der Waals surface area contributed by atoms with Crippen molar-refractivity contribution < 1.29 is 8.42 Å². The van der Waals surface area contributed by atoms with E-state index in [-0.39, 0.29) is 0 Å². The van der Waals surface area contributed by atoms with E-state index in [1.807, 2.05) is 0 Å². The van der Waals surface area contributed by atoms with Gasteiger partial charge in [0.25, 0.3) is 0 Å². The maximum atomic E-state index is 12.7. The monoisotopic (exact) mass is 414 g/mol. The van der Waals surface area contributed by atoms with E-state index in [2.05, 4.69) is 34.7 Å². The van der Waals surface area contributed by atoms with Gasteiger partial charge < -0.3 is 4.90 Å². The van der Waals surface area contributed by atoms with Crippen LogP contribution < -0.4 is 0 Å². The molecule has 0 unspecified atom stereocenters. The fourth-order valence-corrected chi connectivity index (χ4v) is 6.59. The molecular weight excluding hydrogens is 396 g/mol. The van der Waals surface area contributed by atoms with Crippen molar-refractivity contribution in [1.82, 2.24) is 9.21 Å². The summed E-state index contributed by atoms with van der Waals surface area (Å²) in [6.07, 6.45) is 0. The molecule has 0 bridgehead atoms. The number of hydrogen-bond donors (Lipinski definition) is 0. The van der Waals surface area contributed by atoms with Crippen molar-refractivity contribution in [1.29, 1.82) is 0 Å². The first-order chi connectivity index (χ1) is 9.84. The molecule has 1 aromatic heterocycles. The number of sulfonamides is 1. The van der Waals surface area contributed by atoms with Crippen molar-refractivity contribution in [2.45, 2.75) is 24.6 Å². The summed E-state index contributed by atoms with van der Waals surface area (Å²) in [6, 6.07) is 1.68. The van der Waals surface area contributed by atoms with E-state index in [1.165, 1.54) is 11.3 Å². The highest BCUT2D eigenvalue weighted by Crippen LogP contribution is 2.34. The summed E-state index contributed by atoms with van der Waals surface area (Å²) in [4.78, 5) is 3.53. The predicted octanol–water partition coefficient (Wildman–Crippen LogP) is 3.21. The SMILES string of the molecule is CC(C)CN1CCN(S(=O)(=O)c2cc(CCl)sc2Br)CC1. The van der Waals surface area contributed by atoms with E-state index in [1.54, 1.807) is 10.4 Å². The van der Waals surface area contributed by atoms with Crippen LogP contribution in [0.1, 0.15) is 18.7 Å². The van der Waals surface area contributed by atoms with Crippen molar-refractivity contribution in [2.75, 3.05) is 32.7 Å². The summed E-state index contributed by atoms with van der Waals surface area (Å²) in [6.45, 7) is 8.06. The van der Waals surface area contributed by atoms with E-state index < -0.39 is 10.0 Å². The highest BCUT2D eigenvalue weighted by molar-refractivity contribution is 9.11. The summed E-state index contributed by atoms with van der Waals surface area (Å²) in [5.41, 5.74) is 0. The standard InChI is InChI=1S/C13H20BrClN2O2S2/c1-10(2)9-16-3-5-17(6-4-16)21(18,19)12-7-11(8-15)20-13(12)14/h7,10H,3-6,8-9H2,1-2H3. The Hall–Kier alpha value is 0.340. The fourth-order valence-electron chi connectivity index (χ4n) is 2.45. The Kier molecular flexibility index (Phi) is 6.13. The summed E-state index contributed by atoms with van der Waals surface area (Å²) in [7, 11) is -3.42. The zero-order valence-electron chi connectivity index (χ0n) is 12.2. The molecule has 0 aromatic carbocycles. The molecular formula is C13H20BrClN2O2S2. The van der Waals surface area contributed by atoms with Crippen LogP contribution in [0.2, 0.25) is 0 Å². The van der Waals surface area contributed by atoms with Crippen molar-refractivity contribution in [3.05, 3.63) is 14.7 Å². The van der Waals surface area contributed by atoms with Gasteiger partial charge in [0, 0.05) is 37.6 Å². The first kappa shape index (κ1) is 17.7. The first-order valence-corrected chi connectivity index (χ1v) is 10.5. The molecule has 1 fully saturated rings. The van der Waals surface area contributed by atoms with Gasteiger partial charge in [-0.3, -0.25) is 0 Å². The van der Waals surface area contributed by atoms with Gasteiger partial charge in [-0.2, -0.15) is 4.31 Å². The maximum Gasteiger partial charge on any atom is 0.245 e. The summed E-state index contributed by atoms with van der Waals surface area (Å²) >= 11 is 10.5. The summed E-state index contributed by atoms with van der Waals surface area (Å²) < 4.78 is 27.6. The van der Waals surface area contributed by atoms with Gasteiger partial charge >= 0.3 is 0 Å². The topological polar surface area (TPSA) is 40.6 Å². The third-order valence-electron chi connectivity index (χ3n) is 3.41. The van der Waals surface area contributed by atoms with Gasteiger partial charge in [-0.15, -0.1) is 22.9 Å².